The van der Waals surface area contributed by atoms with Gasteiger partial charge in [0.05, 0.1) is 11.1 Å². The van der Waals surface area contributed by atoms with Crippen LogP contribution in [-0.4, -0.2) is 36.3 Å². The smallest absolute Gasteiger partial charge is 0.146 e. The van der Waals surface area contributed by atoms with Crippen molar-refractivity contribution >= 4 is 21.7 Å². The van der Waals surface area contributed by atoms with Crippen LogP contribution in [0.5, 0.6) is 0 Å². The molecule has 16 heavy (non-hydrogen) atoms. The molecule has 0 spiro atoms. The van der Waals surface area contributed by atoms with Crippen molar-refractivity contribution in [2.45, 2.75) is 26.3 Å². The van der Waals surface area contributed by atoms with Crippen LogP contribution < -0.4 is 4.90 Å². The molecule has 1 unspecified atom stereocenters. The van der Waals surface area contributed by atoms with Gasteiger partial charge in [-0.2, -0.15) is 0 Å². The monoisotopic (exact) mass is 287 g/mol. The predicted octanol–water partition coefficient (Wildman–Crippen LogP) is 2.49. The Morgan fingerprint density at radius 1 is 1.56 bits per heavy atom. The molecule has 0 bridgehead atoms. The Labute approximate surface area is 105 Å². The average Bonchev–Trinajstić information content (AvgIpc) is 2.31. The molecule has 1 atom stereocenters. The zero-order chi connectivity index (χ0) is 12.0. The van der Waals surface area contributed by atoms with Crippen molar-refractivity contribution in [2.75, 3.05) is 25.2 Å². The topological polar surface area (TPSA) is 38.2 Å². The summed E-state index contributed by atoms with van der Waals surface area (Å²) in [6, 6.07) is 0.432. The summed E-state index contributed by atoms with van der Waals surface area (Å²) in [5, 5.41) is 0. The minimum absolute atomic E-state index is 0.432. The van der Waals surface area contributed by atoms with E-state index in [9.17, 15) is 0 Å². The van der Waals surface area contributed by atoms with Crippen molar-refractivity contribution in [3.8, 4) is 0 Å². The van der Waals surface area contributed by atoms with E-state index in [1.807, 2.05) is 0 Å². The maximum Gasteiger partial charge on any atom is 0.146 e. The number of ether oxygens (including phenoxy) is 1. The highest BCUT2D eigenvalue weighted by atomic mass is 79.9. The van der Waals surface area contributed by atoms with Gasteiger partial charge < -0.3 is 9.64 Å². The molecule has 1 aromatic heterocycles. The average molecular weight is 288 g/mol. The quantitative estimate of drug-likeness (QED) is 0.806. The normalized spacial score (nSPS) is 12.5. The number of aromatic nitrogens is 2. The van der Waals surface area contributed by atoms with Crippen molar-refractivity contribution in [3.63, 3.8) is 0 Å². The predicted molar refractivity (Wildman–Crippen MR) is 68.7 cm³/mol. The largest absolute Gasteiger partial charge is 0.383 e. The zero-order valence-electron chi connectivity index (χ0n) is 9.98. The molecule has 0 amide bonds. The summed E-state index contributed by atoms with van der Waals surface area (Å²) in [5.74, 6) is 0.932. The van der Waals surface area contributed by atoms with E-state index in [4.69, 9.17) is 4.74 Å². The van der Waals surface area contributed by atoms with Crippen LogP contribution >= 0.6 is 15.9 Å². The van der Waals surface area contributed by atoms with Crippen LogP contribution in [0.15, 0.2) is 17.0 Å². The lowest BCUT2D eigenvalue weighted by Crippen LogP contribution is -2.36. The fraction of sp³-hybridized carbons (Fsp3) is 0.636. The van der Waals surface area contributed by atoms with Gasteiger partial charge in [0.2, 0.25) is 0 Å². The Morgan fingerprint density at radius 3 is 2.88 bits per heavy atom. The van der Waals surface area contributed by atoms with E-state index >= 15 is 0 Å². The van der Waals surface area contributed by atoms with Gasteiger partial charge in [0.15, 0.2) is 0 Å². The molecule has 0 N–H and O–H groups in total. The van der Waals surface area contributed by atoms with Crippen molar-refractivity contribution < 1.29 is 4.74 Å². The second kappa shape index (κ2) is 6.81. The molecule has 1 rings (SSSR count). The second-order valence-corrected chi connectivity index (χ2v) is 4.49. The van der Waals surface area contributed by atoms with E-state index in [0.29, 0.717) is 12.6 Å². The summed E-state index contributed by atoms with van der Waals surface area (Å²) in [7, 11) is 1.71. The van der Waals surface area contributed by atoms with Gasteiger partial charge in [-0.15, -0.1) is 0 Å². The number of hydrogen-bond acceptors (Lipinski definition) is 4. The Kier molecular flexibility index (Phi) is 5.69. The molecular formula is C11H18BrN3O. The van der Waals surface area contributed by atoms with Crippen molar-refractivity contribution in [1.82, 2.24) is 9.97 Å². The molecule has 0 aliphatic heterocycles. The Balaban J connectivity index is 2.87. The first-order valence-corrected chi connectivity index (χ1v) is 6.21. The Morgan fingerprint density at radius 2 is 2.31 bits per heavy atom. The van der Waals surface area contributed by atoms with Crippen molar-refractivity contribution in [3.05, 3.63) is 17.0 Å². The third-order valence-corrected chi connectivity index (χ3v) is 3.14. The van der Waals surface area contributed by atoms with Crippen LogP contribution in [0.2, 0.25) is 0 Å². The highest BCUT2D eigenvalue weighted by Crippen LogP contribution is 2.24. The Bertz CT molecular complexity index is 322. The second-order valence-electron chi connectivity index (χ2n) is 3.64. The van der Waals surface area contributed by atoms with Gasteiger partial charge in [0.1, 0.15) is 12.1 Å². The molecule has 1 aromatic rings. The summed E-state index contributed by atoms with van der Waals surface area (Å²) >= 11 is 3.48. The van der Waals surface area contributed by atoms with Gasteiger partial charge in [-0.05, 0) is 29.3 Å². The minimum atomic E-state index is 0.432. The van der Waals surface area contributed by atoms with E-state index < -0.39 is 0 Å². The van der Waals surface area contributed by atoms with Crippen LogP contribution in [0.3, 0.4) is 0 Å². The van der Waals surface area contributed by atoms with Gasteiger partial charge in [0, 0.05) is 25.9 Å². The molecule has 1 heterocycles. The number of methoxy groups -OCH3 is 1. The molecule has 0 aliphatic rings. The molecule has 0 saturated heterocycles. The van der Waals surface area contributed by atoms with Crippen LogP contribution in [0.25, 0.3) is 0 Å². The first-order valence-electron chi connectivity index (χ1n) is 5.41. The number of anilines is 1. The summed E-state index contributed by atoms with van der Waals surface area (Å²) in [6.45, 7) is 5.88. The fourth-order valence-electron chi connectivity index (χ4n) is 1.46. The molecular weight excluding hydrogens is 270 g/mol. The van der Waals surface area contributed by atoms with E-state index in [1.165, 1.54) is 0 Å². The molecule has 0 aromatic carbocycles. The van der Waals surface area contributed by atoms with E-state index in [2.05, 4.69) is 44.6 Å². The number of nitrogens with zero attached hydrogens (tertiary/aromatic N) is 3. The molecule has 0 fully saturated rings. The highest BCUT2D eigenvalue weighted by molar-refractivity contribution is 9.10. The van der Waals surface area contributed by atoms with Crippen LogP contribution in [0.1, 0.15) is 20.3 Å². The lowest BCUT2D eigenvalue weighted by molar-refractivity contribution is 0.203. The standard InChI is InChI=1S/C11H18BrN3O/c1-4-9(2)15(5-6-16-3)11-10(12)7-13-8-14-11/h7-9H,4-6H2,1-3H3. The summed E-state index contributed by atoms with van der Waals surface area (Å²) < 4.78 is 6.05. The van der Waals surface area contributed by atoms with Gasteiger partial charge >= 0.3 is 0 Å². The number of hydrogen-bond donors (Lipinski definition) is 0. The van der Waals surface area contributed by atoms with Gasteiger partial charge in [-0.1, -0.05) is 6.92 Å². The minimum Gasteiger partial charge on any atom is -0.383 e. The van der Waals surface area contributed by atoms with Crippen LogP contribution in [-0.2, 0) is 4.74 Å². The van der Waals surface area contributed by atoms with Gasteiger partial charge in [-0.25, -0.2) is 9.97 Å². The highest BCUT2D eigenvalue weighted by Gasteiger charge is 2.16. The molecule has 0 aliphatic carbocycles. The summed E-state index contributed by atoms with van der Waals surface area (Å²) in [6.07, 6.45) is 4.41. The third kappa shape index (κ3) is 3.42. The first-order chi connectivity index (χ1) is 7.70. The molecule has 5 heteroatoms. The molecule has 4 nitrogen and oxygen atoms in total. The summed E-state index contributed by atoms with van der Waals surface area (Å²) in [4.78, 5) is 10.5. The van der Waals surface area contributed by atoms with Gasteiger partial charge in [0.25, 0.3) is 0 Å². The van der Waals surface area contributed by atoms with E-state index in [1.54, 1.807) is 19.6 Å². The van der Waals surface area contributed by atoms with Crippen LogP contribution in [0, 0.1) is 0 Å². The summed E-state index contributed by atoms with van der Waals surface area (Å²) in [5.41, 5.74) is 0. The number of halogens is 1. The lowest BCUT2D eigenvalue weighted by atomic mass is 10.2. The lowest BCUT2D eigenvalue weighted by Gasteiger charge is -2.29. The molecule has 0 radical (unpaired) electrons. The fourth-order valence-corrected chi connectivity index (χ4v) is 1.91. The first kappa shape index (κ1) is 13.4. The third-order valence-electron chi connectivity index (χ3n) is 2.58. The number of rotatable bonds is 6. The maximum atomic E-state index is 5.13. The maximum absolute atomic E-state index is 5.13. The zero-order valence-corrected chi connectivity index (χ0v) is 11.6. The van der Waals surface area contributed by atoms with Crippen molar-refractivity contribution in [1.29, 1.82) is 0 Å². The van der Waals surface area contributed by atoms with Crippen LogP contribution in [0.4, 0.5) is 5.82 Å². The Hall–Kier alpha value is -0.680. The van der Waals surface area contributed by atoms with E-state index in [-0.39, 0.29) is 0 Å². The van der Waals surface area contributed by atoms with Crippen molar-refractivity contribution in [2.24, 2.45) is 0 Å². The SMILES string of the molecule is CCC(C)N(CCOC)c1ncncc1Br. The molecule has 0 saturated carbocycles. The van der Waals surface area contributed by atoms with E-state index in [0.717, 1.165) is 23.3 Å². The van der Waals surface area contributed by atoms with Gasteiger partial charge in [-0.3, -0.25) is 0 Å². The molecule has 90 valence electrons.